The molecule has 3 heterocycles. The number of nitrogens with one attached hydrogen (secondary N) is 1. The smallest absolute Gasteiger partial charge is 0.414 e. The van der Waals surface area contributed by atoms with E-state index in [-0.39, 0.29) is 12.2 Å². The Labute approximate surface area is 251 Å². The highest BCUT2D eigenvalue weighted by molar-refractivity contribution is 6.27. The van der Waals surface area contributed by atoms with E-state index in [1.54, 1.807) is 0 Å². The number of rotatable bonds is 4. The molecular weight excluding hydrogens is 552 g/mol. The molecule has 0 bridgehead atoms. The molecule has 0 saturated carbocycles. The maximum Gasteiger partial charge on any atom is 0.414 e. The molecule has 43 heavy (non-hydrogen) atoms. The molecule has 3 N–H and O–H groups in total. The summed E-state index contributed by atoms with van der Waals surface area (Å²) in [6.45, 7) is 10.7. The number of carbonyl (C=O) groups excluding carboxylic acids is 1. The summed E-state index contributed by atoms with van der Waals surface area (Å²) in [6.07, 6.45) is 2.60. The van der Waals surface area contributed by atoms with Gasteiger partial charge in [-0.3, -0.25) is 5.32 Å². The second-order valence-electron chi connectivity index (χ2n) is 11.8. The number of amides is 1. The molecule has 5 rings (SSSR count). The number of anilines is 1. The van der Waals surface area contributed by atoms with Gasteiger partial charge in [0.25, 0.3) is 0 Å². The van der Waals surface area contributed by atoms with Gasteiger partial charge in [-0.05, 0) is 77.3 Å². The van der Waals surface area contributed by atoms with Crippen molar-refractivity contribution in [2.75, 3.05) is 25.5 Å². The molecule has 0 radical (unpaired) electrons. The minimum Gasteiger partial charge on any atom is -0.473 e. The van der Waals surface area contributed by atoms with Crippen molar-refractivity contribution in [3.63, 3.8) is 0 Å². The van der Waals surface area contributed by atoms with Gasteiger partial charge in [-0.15, -0.1) is 0 Å². The molecule has 1 aromatic heterocycles. The van der Waals surface area contributed by atoms with Crippen LogP contribution in [-0.4, -0.2) is 74.5 Å². The monoisotopic (exact) mass is 592 g/mol. The van der Waals surface area contributed by atoms with Crippen LogP contribution in [0.25, 0.3) is 11.3 Å². The van der Waals surface area contributed by atoms with Crippen LogP contribution < -0.4 is 5.32 Å². The number of likely N-dealkylation sites (tertiary alicyclic amines) is 1. The number of piperidine rings is 1. The molecule has 1 fully saturated rings. The zero-order chi connectivity index (χ0) is 31.3. The van der Waals surface area contributed by atoms with Crippen LogP contribution in [0.3, 0.4) is 0 Å². The van der Waals surface area contributed by atoms with Crippen molar-refractivity contribution in [3.8, 4) is 11.3 Å². The van der Waals surface area contributed by atoms with E-state index in [1.165, 1.54) is 11.1 Å². The lowest BCUT2D eigenvalue weighted by atomic mass is 10.00. The molecule has 2 aliphatic heterocycles. The number of nitrogens with zero attached hydrogens (tertiary/aromatic N) is 3. The standard InChI is InChI=1S/C30H38N4O3.C2H2O4/c1-20-26(22-10-12-23(13-11-22)31-29(35)37-30(2,3)4)32-28-27(36-24-15-17-33(5)18-16-24)25-9-7-6-8-21(25)14-19-34(20)28;3-1(4)2(5)6/h6-13,24,27H,14-19H2,1-5H3,(H,31,35);(H,3,4)(H,5,6). The number of carboxylic acids is 2. The Balaban J connectivity index is 0.000000641. The number of aliphatic carboxylic acids is 2. The zero-order valence-electron chi connectivity index (χ0n) is 25.3. The van der Waals surface area contributed by atoms with E-state index in [2.05, 4.69) is 53.0 Å². The third kappa shape index (κ3) is 8.20. The third-order valence-corrected chi connectivity index (χ3v) is 7.41. The number of ether oxygens (including phenoxy) is 2. The molecule has 1 unspecified atom stereocenters. The lowest BCUT2D eigenvalue weighted by molar-refractivity contribution is -0.159. The molecule has 11 heteroatoms. The van der Waals surface area contributed by atoms with Crippen LogP contribution in [0.2, 0.25) is 0 Å². The van der Waals surface area contributed by atoms with Crippen molar-refractivity contribution in [3.05, 3.63) is 71.2 Å². The first-order chi connectivity index (χ1) is 20.3. The molecule has 0 aliphatic carbocycles. The number of carboxylic acid groups (broad SMARTS) is 2. The average molecular weight is 593 g/mol. The van der Waals surface area contributed by atoms with Crippen molar-refractivity contribution >= 4 is 23.7 Å². The van der Waals surface area contributed by atoms with Crippen LogP contribution in [0.15, 0.2) is 48.5 Å². The molecule has 2 aliphatic rings. The molecular formula is C32H40N4O7. The highest BCUT2D eigenvalue weighted by atomic mass is 16.6. The van der Waals surface area contributed by atoms with Gasteiger partial charge in [0.1, 0.15) is 17.5 Å². The number of carbonyl (C=O) groups is 3. The highest BCUT2D eigenvalue weighted by Gasteiger charge is 2.32. The number of imidazole rings is 1. The van der Waals surface area contributed by atoms with Gasteiger partial charge >= 0.3 is 18.0 Å². The maximum absolute atomic E-state index is 12.2. The fourth-order valence-electron chi connectivity index (χ4n) is 5.28. The van der Waals surface area contributed by atoms with Crippen LogP contribution in [0, 0.1) is 6.92 Å². The summed E-state index contributed by atoms with van der Waals surface area (Å²) >= 11 is 0. The quantitative estimate of drug-likeness (QED) is 0.352. The fraction of sp³-hybridized carbons (Fsp3) is 0.438. The van der Waals surface area contributed by atoms with Gasteiger partial charge in [0, 0.05) is 36.6 Å². The van der Waals surface area contributed by atoms with Gasteiger partial charge in [-0.1, -0.05) is 36.4 Å². The van der Waals surface area contributed by atoms with E-state index in [0.717, 1.165) is 61.7 Å². The number of hydrogen-bond acceptors (Lipinski definition) is 7. The van der Waals surface area contributed by atoms with Gasteiger partial charge < -0.3 is 29.2 Å². The largest absolute Gasteiger partial charge is 0.473 e. The molecule has 3 aromatic rings. The fourth-order valence-corrected chi connectivity index (χ4v) is 5.28. The normalized spacial score (nSPS) is 17.0. The van der Waals surface area contributed by atoms with Crippen molar-refractivity contribution in [1.82, 2.24) is 14.5 Å². The number of aryl methyl sites for hydroxylation is 1. The van der Waals surface area contributed by atoms with E-state index < -0.39 is 23.6 Å². The highest BCUT2D eigenvalue weighted by Crippen LogP contribution is 2.37. The number of hydrogen-bond donors (Lipinski definition) is 3. The third-order valence-electron chi connectivity index (χ3n) is 7.41. The molecule has 1 saturated heterocycles. The second-order valence-corrected chi connectivity index (χ2v) is 11.8. The lowest BCUT2D eigenvalue weighted by Gasteiger charge is -2.32. The molecule has 2 aromatic carbocycles. The summed E-state index contributed by atoms with van der Waals surface area (Å²) in [5.41, 5.74) is 5.81. The topological polar surface area (TPSA) is 143 Å². The number of aromatic nitrogens is 2. The summed E-state index contributed by atoms with van der Waals surface area (Å²) in [4.78, 5) is 37.9. The van der Waals surface area contributed by atoms with Crippen LogP contribution in [0.1, 0.15) is 62.4 Å². The molecule has 0 spiro atoms. The summed E-state index contributed by atoms with van der Waals surface area (Å²) < 4.78 is 14.6. The van der Waals surface area contributed by atoms with Crippen LogP contribution in [-0.2, 0) is 32.0 Å². The Hall–Kier alpha value is -4.22. The van der Waals surface area contributed by atoms with E-state index >= 15 is 0 Å². The van der Waals surface area contributed by atoms with E-state index in [1.807, 2.05) is 45.0 Å². The van der Waals surface area contributed by atoms with Crippen LogP contribution >= 0.6 is 0 Å². The zero-order valence-corrected chi connectivity index (χ0v) is 25.3. The molecule has 1 amide bonds. The predicted molar refractivity (Wildman–Crippen MR) is 161 cm³/mol. The van der Waals surface area contributed by atoms with E-state index in [9.17, 15) is 4.79 Å². The first-order valence-corrected chi connectivity index (χ1v) is 14.4. The molecule has 230 valence electrons. The lowest BCUT2D eigenvalue weighted by Crippen LogP contribution is -2.35. The Kier molecular flexibility index (Phi) is 9.87. The van der Waals surface area contributed by atoms with E-state index in [0.29, 0.717) is 5.69 Å². The van der Waals surface area contributed by atoms with Crippen molar-refractivity contribution in [1.29, 1.82) is 0 Å². The average Bonchev–Trinajstić information content (AvgIpc) is 3.18. The van der Waals surface area contributed by atoms with Gasteiger partial charge in [-0.2, -0.15) is 0 Å². The van der Waals surface area contributed by atoms with Crippen molar-refractivity contribution in [2.45, 2.75) is 71.3 Å². The SMILES string of the molecule is Cc1c(-c2ccc(NC(=O)OC(C)(C)C)cc2)nc2n1CCc1ccccc1C2OC1CCN(C)CC1.O=C(O)C(=O)O. The Morgan fingerprint density at radius 3 is 2.19 bits per heavy atom. The summed E-state index contributed by atoms with van der Waals surface area (Å²) in [5, 5.41) is 17.6. The molecule has 11 nitrogen and oxygen atoms in total. The van der Waals surface area contributed by atoms with Gasteiger partial charge in [0.15, 0.2) is 0 Å². The first kappa shape index (κ1) is 31.7. The Morgan fingerprint density at radius 2 is 1.58 bits per heavy atom. The Morgan fingerprint density at radius 1 is 0.953 bits per heavy atom. The summed E-state index contributed by atoms with van der Waals surface area (Å²) in [6, 6.07) is 16.4. The predicted octanol–water partition coefficient (Wildman–Crippen LogP) is 5.12. The minimum atomic E-state index is -1.82. The van der Waals surface area contributed by atoms with Crippen LogP contribution in [0.5, 0.6) is 0 Å². The number of benzene rings is 2. The number of fused-ring (bicyclic) bond motifs is 2. The minimum absolute atomic E-state index is 0.187. The van der Waals surface area contributed by atoms with Crippen molar-refractivity contribution < 1.29 is 34.1 Å². The van der Waals surface area contributed by atoms with E-state index in [4.69, 9.17) is 34.3 Å². The maximum atomic E-state index is 12.2. The second kappa shape index (κ2) is 13.4. The van der Waals surface area contributed by atoms with Gasteiger partial charge in [0.05, 0.1) is 11.8 Å². The summed E-state index contributed by atoms with van der Waals surface area (Å²) in [5.74, 6) is -2.67. The van der Waals surface area contributed by atoms with Gasteiger partial charge in [-0.25, -0.2) is 19.4 Å². The molecule has 1 atom stereocenters. The van der Waals surface area contributed by atoms with Crippen molar-refractivity contribution in [2.24, 2.45) is 0 Å². The van der Waals surface area contributed by atoms with Crippen LogP contribution in [0.4, 0.5) is 10.5 Å². The Bertz CT molecular complexity index is 1440. The summed E-state index contributed by atoms with van der Waals surface area (Å²) in [7, 11) is 2.17. The first-order valence-electron chi connectivity index (χ1n) is 14.4. The van der Waals surface area contributed by atoms with Gasteiger partial charge in [0.2, 0.25) is 0 Å².